The fourth-order valence-electron chi connectivity index (χ4n) is 10.0. The smallest absolute Gasteiger partial charge is 0.0838 e. The second-order valence-corrected chi connectivity index (χ2v) is 18.7. The molecule has 7 aromatic carbocycles. The van der Waals surface area contributed by atoms with Crippen molar-refractivity contribution >= 4 is 92.6 Å². The lowest BCUT2D eigenvalue weighted by Crippen LogP contribution is -2.56. The molecule has 0 amide bonds. The highest BCUT2D eigenvalue weighted by molar-refractivity contribution is 6.97. The summed E-state index contributed by atoms with van der Waals surface area (Å²) in [6.07, 6.45) is 0. The SMILES string of the molecule is Cc1cc(C)c(B(c2ccc(-c3ccc(-c4ccc(B(c5c(C)cc(C)c(Cl)c5C)c5c(C)cc(C)c(Cl)c5C)cc4)cc3)cc2)c2c(C)cc(C)c(Cl)c2C)c(C)c1Cl. The third-order valence-corrected chi connectivity index (χ3v) is 15.3. The molecule has 0 spiro atoms. The Morgan fingerprint density at radius 3 is 0.650 bits per heavy atom. The zero-order valence-corrected chi connectivity index (χ0v) is 39.9. The van der Waals surface area contributed by atoms with Crippen LogP contribution in [-0.4, -0.2) is 13.4 Å². The van der Waals surface area contributed by atoms with E-state index >= 15 is 0 Å². The van der Waals surface area contributed by atoms with Gasteiger partial charge in [0.1, 0.15) is 0 Å². The van der Waals surface area contributed by atoms with E-state index in [9.17, 15) is 0 Å². The zero-order chi connectivity index (χ0) is 43.5. The van der Waals surface area contributed by atoms with Gasteiger partial charge in [-0.05, 0) is 150 Å². The maximum atomic E-state index is 6.95. The van der Waals surface area contributed by atoms with Crippen molar-refractivity contribution in [3.8, 4) is 22.3 Å². The molecule has 0 nitrogen and oxygen atoms in total. The molecule has 0 saturated carbocycles. The van der Waals surface area contributed by atoms with Crippen LogP contribution in [0.5, 0.6) is 0 Å². The van der Waals surface area contributed by atoms with E-state index < -0.39 is 0 Å². The van der Waals surface area contributed by atoms with Gasteiger partial charge in [-0.2, -0.15) is 0 Å². The topological polar surface area (TPSA) is 0 Å². The molecule has 0 fully saturated rings. The highest BCUT2D eigenvalue weighted by atomic mass is 35.5. The van der Waals surface area contributed by atoms with Gasteiger partial charge in [0.25, 0.3) is 0 Å². The van der Waals surface area contributed by atoms with Gasteiger partial charge in [0.05, 0.1) is 0 Å². The predicted molar refractivity (Wildman–Crippen MR) is 269 cm³/mol. The van der Waals surface area contributed by atoms with Gasteiger partial charge in [-0.15, -0.1) is 0 Å². The standard InChI is InChI=1S/C54H52B2Cl4/c1-29-25-33(5)51(57)37(9)47(29)55(48-30(2)26-34(6)52(58)38(48)10)45-21-17-43(18-22-45)41-13-15-42(16-14-41)44-19-23-46(24-20-44)56(49-31(3)27-35(7)53(59)39(49)11)50-32(4)28-36(8)54(60)40(50)12/h13-28H,1-12H3. The van der Waals surface area contributed by atoms with Gasteiger partial charge in [-0.1, -0.05) is 198 Å². The lowest BCUT2D eigenvalue weighted by molar-refractivity contribution is 1.34. The first-order chi connectivity index (χ1) is 28.4. The number of aryl methyl sites for hydroxylation is 8. The normalized spacial score (nSPS) is 11.3. The maximum absolute atomic E-state index is 6.95. The summed E-state index contributed by atoms with van der Waals surface area (Å²) in [6, 6.07) is 35.8. The van der Waals surface area contributed by atoms with Crippen molar-refractivity contribution in [2.24, 2.45) is 0 Å². The van der Waals surface area contributed by atoms with Gasteiger partial charge in [-0.25, -0.2) is 0 Å². The van der Waals surface area contributed by atoms with E-state index in [-0.39, 0.29) is 13.4 Å². The minimum atomic E-state index is -0.0214. The van der Waals surface area contributed by atoms with Crippen molar-refractivity contribution in [2.45, 2.75) is 83.1 Å². The van der Waals surface area contributed by atoms with E-state index in [0.29, 0.717) is 0 Å². The van der Waals surface area contributed by atoms with Crippen molar-refractivity contribution in [2.75, 3.05) is 0 Å². The fraction of sp³-hybridized carbons (Fsp3) is 0.222. The first kappa shape index (κ1) is 43.9. The van der Waals surface area contributed by atoms with Crippen molar-refractivity contribution in [3.63, 3.8) is 0 Å². The number of rotatable bonds is 8. The van der Waals surface area contributed by atoms with Crippen LogP contribution in [0.1, 0.15) is 66.8 Å². The second-order valence-electron chi connectivity index (χ2n) is 17.1. The molecule has 6 heteroatoms. The lowest BCUT2D eigenvalue weighted by Gasteiger charge is -2.26. The Labute approximate surface area is 379 Å². The van der Waals surface area contributed by atoms with Crippen LogP contribution in [-0.2, 0) is 0 Å². The van der Waals surface area contributed by atoms with Crippen molar-refractivity contribution < 1.29 is 0 Å². The number of benzene rings is 7. The lowest BCUT2D eigenvalue weighted by atomic mass is 9.34. The van der Waals surface area contributed by atoms with Crippen LogP contribution in [0.25, 0.3) is 22.3 Å². The third kappa shape index (κ3) is 7.91. The summed E-state index contributed by atoms with van der Waals surface area (Å²) in [5, 5.41) is 3.29. The molecule has 7 rings (SSSR count). The Balaban J connectivity index is 1.24. The van der Waals surface area contributed by atoms with Gasteiger partial charge in [0, 0.05) is 20.1 Å². The Morgan fingerprint density at radius 1 is 0.267 bits per heavy atom. The van der Waals surface area contributed by atoms with E-state index in [1.165, 1.54) is 66.2 Å². The van der Waals surface area contributed by atoms with Crippen LogP contribution in [0.3, 0.4) is 0 Å². The van der Waals surface area contributed by atoms with Gasteiger partial charge in [0.15, 0.2) is 0 Å². The van der Waals surface area contributed by atoms with Crippen LogP contribution in [0, 0.1) is 83.1 Å². The molecule has 0 aliphatic heterocycles. The number of hydrogen-bond donors (Lipinski definition) is 0. The summed E-state index contributed by atoms with van der Waals surface area (Å²) < 4.78 is 0. The Morgan fingerprint density at radius 2 is 0.450 bits per heavy atom. The number of hydrogen-bond acceptors (Lipinski definition) is 0. The molecule has 0 radical (unpaired) electrons. The minimum Gasteiger partial charge on any atom is -0.0838 e. The van der Waals surface area contributed by atoms with Crippen LogP contribution in [0.15, 0.2) is 97.1 Å². The Bertz CT molecular complexity index is 2480. The van der Waals surface area contributed by atoms with Gasteiger partial charge in [-0.3, -0.25) is 0 Å². The molecule has 0 unspecified atom stereocenters. The molecule has 60 heavy (non-hydrogen) atoms. The maximum Gasteiger partial charge on any atom is 0.242 e. The minimum absolute atomic E-state index is 0.0214. The summed E-state index contributed by atoms with van der Waals surface area (Å²) in [4.78, 5) is 0. The predicted octanol–water partition coefficient (Wildman–Crippen LogP) is 12.4. The van der Waals surface area contributed by atoms with Crippen molar-refractivity contribution in [1.82, 2.24) is 0 Å². The summed E-state index contributed by atoms with van der Waals surface area (Å²) in [5.41, 5.74) is 25.8. The average Bonchev–Trinajstić information content (AvgIpc) is 3.22. The molecule has 0 heterocycles. The van der Waals surface area contributed by atoms with E-state index in [2.05, 4.69) is 180 Å². The first-order valence-electron chi connectivity index (χ1n) is 20.8. The third-order valence-electron chi connectivity index (χ3n) is 12.9. The van der Waals surface area contributed by atoms with Crippen molar-refractivity contribution in [1.29, 1.82) is 0 Å². The Kier molecular flexibility index (Phi) is 12.7. The van der Waals surface area contributed by atoms with Gasteiger partial charge in [0.2, 0.25) is 13.4 Å². The molecule has 0 aliphatic rings. The fourth-order valence-corrected chi connectivity index (χ4v) is 10.7. The van der Waals surface area contributed by atoms with Crippen LogP contribution < -0.4 is 32.8 Å². The van der Waals surface area contributed by atoms with E-state index in [1.54, 1.807) is 0 Å². The molecule has 0 N–H and O–H groups in total. The summed E-state index contributed by atoms with van der Waals surface area (Å²) in [5.74, 6) is 0. The zero-order valence-electron chi connectivity index (χ0n) is 36.9. The summed E-state index contributed by atoms with van der Waals surface area (Å²) in [7, 11) is 0. The monoisotopic (exact) mass is 862 g/mol. The van der Waals surface area contributed by atoms with E-state index in [4.69, 9.17) is 46.4 Å². The number of halogens is 4. The van der Waals surface area contributed by atoms with Gasteiger partial charge < -0.3 is 0 Å². The molecule has 0 aromatic heterocycles. The molecular formula is C54H52B2Cl4. The molecule has 302 valence electrons. The molecule has 0 saturated heterocycles. The highest BCUT2D eigenvalue weighted by Gasteiger charge is 2.32. The quantitative estimate of drug-likeness (QED) is 0.134. The van der Waals surface area contributed by atoms with Gasteiger partial charge >= 0.3 is 0 Å². The average molecular weight is 864 g/mol. The molecule has 7 aromatic rings. The summed E-state index contributed by atoms with van der Waals surface area (Å²) in [6.45, 7) is 25.7. The van der Waals surface area contributed by atoms with Crippen LogP contribution in [0.2, 0.25) is 20.1 Å². The van der Waals surface area contributed by atoms with Crippen LogP contribution >= 0.6 is 46.4 Å². The molecular weight excluding hydrogens is 812 g/mol. The molecule has 0 bridgehead atoms. The Hall–Kier alpha value is -4.17. The molecule has 0 aliphatic carbocycles. The first-order valence-corrected chi connectivity index (χ1v) is 22.3. The largest absolute Gasteiger partial charge is 0.242 e. The van der Waals surface area contributed by atoms with Crippen molar-refractivity contribution in [3.05, 3.63) is 184 Å². The molecule has 0 atom stereocenters. The van der Waals surface area contributed by atoms with Crippen LogP contribution in [0.4, 0.5) is 0 Å². The van der Waals surface area contributed by atoms with E-state index in [1.807, 2.05) is 0 Å². The second kappa shape index (κ2) is 17.3. The van der Waals surface area contributed by atoms with E-state index in [0.717, 1.165) is 75.7 Å². The highest BCUT2D eigenvalue weighted by Crippen LogP contribution is 2.29. The summed E-state index contributed by atoms with van der Waals surface area (Å²) >= 11 is 27.8.